The molecule has 8 nitrogen and oxygen atoms in total. The van der Waals surface area contributed by atoms with Gasteiger partial charge in [0.2, 0.25) is 11.8 Å². The van der Waals surface area contributed by atoms with E-state index < -0.39 is 11.7 Å². The molecule has 8 heteroatoms. The Kier molecular flexibility index (Phi) is 8.59. The number of nitrogens with one attached hydrogen (secondary N) is 2. The molecule has 0 aromatic heterocycles. The first-order chi connectivity index (χ1) is 14.5. The van der Waals surface area contributed by atoms with Crippen molar-refractivity contribution in [1.29, 1.82) is 0 Å². The third-order valence-electron chi connectivity index (χ3n) is 4.94. The predicted octanol–water partition coefficient (Wildman–Crippen LogP) is 2.59. The SMILES string of the molecule is Cc1ccc(C(=O)CCC(=O)N2CCC(NC(=O)CNC(=O)OC(C)(C)C)CC2)cc1. The summed E-state index contributed by atoms with van der Waals surface area (Å²) in [5.74, 6) is -0.371. The van der Waals surface area contributed by atoms with Crippen LogP contribution in [0, 0.1) is 6.92 Å². The smallest absolute Gasteiger partial charge is 0.408 e. The highest BCUT2D eigenvalue weighted by atomic mass is 16.6. The van der Waals surface area contributed by atoms with Gasteiger partial charge in [-0.15, -0.1) is 0 Å². The number of ether oxygens (including phenoxy) is 1. The molecule has 2 N–H and O–H groups in total. The number of piperidine rings is 1. The average Bonchev–Trinajstić information content (AvgIpc) is 2.70. The number of alkyl carbamates (subject to hydrolysis) is 1. The Morgan fingerprint density at radius 1 is 1.03 bits per heavy atom. The monoisotopic (exact) mass is 431 g/mol. The lowest BCUT2D eigenvalue weighted by atomic mass is 10.0. The van der Waals surface area contributed by atoms with E-state index in [1.165, 1.54) is 0 Å². The standard InChI is InChI=1S/C23H33N3O5/c1-16-5-7-17(8-6-16)19(27)9-10-21(29)26-13-11-18(12-14-26)25-20(28)15-24-22(30)31-23(2,3)4/h5-8,18H,9-15H2,1-4H3,(H,24,30)(H,25,28). The van der Waals surface area contributed by atoms with E-state index in [1.54, 1.807) is 37.8 Å². The molecule has 0 atom stereocenters. The maximum Gasteiger partial charge on any atom is 0.408 e. The fourth-order valence-electron chi connectivity index (χ4n) is 3.28. The maximum absolute atomic E-state index is 12.4. The summed E-state index contributed by atoms with van der Waals surface area (Å²) in [6.07, 6.45) is 1.01. The number of aryl methyl sites for hydroxylation is 1. The zero-order chi connectivity index (χ0) is 23.0. The summed E-state index contributed by atoms with van der Waals surface area (Å²) in [5, 5.41) is 5.30. The number of ketones is 1. The van der Waals surface area contributed by atoms with Crippen molar-refractivity contribution < 1.29 is 23.9 Å². The second-order valence-corrected chi connectivity index (χ2v) is 8.87. The van der Waals surface area contributed by atoms with Crippen LogP contribution in [0.2, 0.25) is 0 Å². The Labute approximate surface area is 183 Å². The van der Waals surface area contributed by atoms with Gasteiger partial charge in [-0.25, -0.2) is 4.79 Å². The Balaban J connectivity index is 1.66. The van der Waals surface area contributed by atoms with Gasteiger partial charge >= 0.3 is 6.09 Å². The Morgan fingerprint density at radius 3 is 2.23 bits per heavy atom. The minimum Gasteiger partial charge on any atom is -0.444 e. The molecule has 1 aliphatic heterocycles. The number of benzene rings is 1. The van der Waals surface area contributed by atoms with Crippen LogP contribution in [0.1, 0.15) is 62.4 Å². The van der Waals surface area contributed by atoms with Crippen molar-refractivity contribution >= 4 is 23.7 Å². The molecule has 0 unspecified atom stereocenters. The fourth-order valence-corrected chi connectivity index (χ4v) is 3.28. The molecule has 0 spiro atoms. The lowest BCUT2D eigenvalue weighted by molar-refractivity contribution is -0.132. The van der Waals surface area contributed by atoms with Gasteiger partial charge in [0, 0.05) is 37.5 Å². The third-order valence-corrected chi connectivity index (χ3v) is 4.94. The van der Waals surface area contributed by atoms with Crippen LogP contribution in [0.25, 0.3) is 0 Å². The Morgan fingerprint density at radius 2 is 1.65 bits per heavy atom. The van der Waals surface area contributed by atoms with Gasteiger partial charge in [-0.1, -0.05) is 29.8 Å². The molecule has 0 radical (unpaired) electrons. The number of amides is 3. The van der Waals surface area contributed by atoms with Crippen LogP contribution in [-0.4, -0.2) is 59.9 Å². The molecule has 0 saturated carbocycles. The van der Waals surface area contributed by atoms with Crippen LogP contribution < -0.4 is 10.6 Å². The highest BCUT2D eigenvalue weighted by Gasteiger charge is 2.24. The number of hydrogen-bond donors (Lipinski definition) is 2. The zero-order valence-corrected chi connectivity index (χ0v) is 18.8. The van der Waals surface area contributed by atoms with E-state index in [4.69, 9.17) is 4.74 Å². The number of Topliss-reactive ketones (excluding diaryl/α,β-unsaturated/α-hetero) is 1. The van der Waals surface area contributed by atoms with Crippen LogP contribution >= 0.6 is 0 Å². The molecule has 170 valence electrons. The Hall–Kier alpha value is -2.90. The molecule has 2 rings (SSSR count). The summed E-state index contributed by atoms with van der Waals surface area (Å²) in [5.41, 5.74) is 1.09. The number of hydrogen-bond acceptors (Lipinski definition) is 5. The van der Waals surface area contributed by atoms with E-state index in [-0.39, 0.29) is 43.0 Å². The average molecular weight is 432 g/mol. The fraction of sp³-hybridized carbons (Fsp3) is 0.565. The number of carbonyl (C=O) groups is 4. The van der Waals surface area contributed by atoms with E-state index in [0.29, 0.717) is 31.5 Å². The van der Waals surface area contributed by atoms with Gasteiger partial charge in [-0.3, -0.25) is 14.4 Å². The van der Waals surface area contributed by atoms with Gasteiger partial charge < -0.3 is 20.3 Å². The molecule has 1 aromatic carbocycles. The molecular weight excluding hydrogens is 398 g/mol. The second kappa shape index (κ2) is 10.9. The summed E-state index contributed by atoms with van der Waals surface area (Å²) < 4.78 is 5.09. The third kappa shape index (κ3) is 8.78. The van der Waals surface area contributed by atoms with Crippen molar-refractivity contribution in [1.82, 2.24) is 15.5 Å². The molecule has 1 aromatic rings. The number of carbonyl (C=O) groups excluding carboxylic acids is 4. The second-order valence-electron chi connectivity index (χ2n) is 8.87. The molecular formula is C23H33N3O5. The van der Waals surface area contributed by atoms with Gasteiger partial charge in [0.25, 0.3) is 0 Å². The topological polar surface area (TPSA) is 105 Å². The van der Waals surface area contributed by atoms with Crippen LogP contribution in [-0.2, 0) is 14.3 Å². The lowest BCUT2D eigenvalue weighted by Gasteiger charge is -2.32. The number of nitrogens with zero attached hydrogens (tertiary/aromatic N) is 1. The molecule has 1 heterocycles. The van der Waals surface area contributed by atoms with Gasteiger partial charge in [0.1, 0.15) is 12.1 Å². The van der Waals surface area contributed by atoms with Gasteiger partial charge in [-0.05, 0) is 40.5 Å². The van der Waals surface area contributed by atoms with Crippen molar-refractivity contribution in [2.45, 2.75) is 65.0 Å². The van der Waals surface area contributed by atoms with Crippen molar-refractivity contribution in [2.24, 2.45) is 0 Å². The van der Waals surface area contributed by atoms with E-state index in [1.807, 2.05) is 19.1 Å². The predicted molar refractivity (Wildman–Crippen MR) is 117 cm³/mol. The molecule has 31 heavy (non-hydrogen) atoms. The first kappa shape index (κ1) is 24.4. The summed E-state index contributed by atoms with van der Waals surface area (Å²) in [6, 6.07) is 7.29. The highest BCUT2D eigenvalue weighted by Crippen LogP contribution is 2.14. The van der Waals surface area contributed by atoms with Crippen LogP contribution in [0.5, 0.6) is 0 Å². The summed E-state index contributed by atoms with van der Waals surface area (Å²) in [7, 11) is 0. The van der Waals surface area contributed by atoms with Gasteiger partial charge in [0.05, 0.1) is 0 Å². The van der Waals surface area contributed by atoms with Crippen molar-refractivity contribution in [3.05, 3.63) is 35.4 Å². The molecule has 1 fully saturated rings. The number of likely N-dealkylation sites (tertiary alicyclic amines) is 1. The van der Waals surface area contributed by atoms with Gasteiger partial charge in [-0.2, -0.15) is 0 Å². The number of rotatable bonds is 7. The summed E-state index contributed by atoms with van der Waals surface area (Å²) in [6.45, 7) is 8.11. The van der Waals surface area contributed by atoms with E-state index in [2.05, 4.69) is 10.6 Å². The molecule has 1 aliphatic rings. The zero-order valence-electron chi connectivity index (χ0n) is 18.8. The largest absolute Gasteiger partial charge is 0.444 e. The van der Waals surface area contributed by atoms with Crippen LogP contribution in [0.4, 0.5) is 4.79 Å². The molecule has 0 bridgehead atoms. The maximum atomic E-state index is 12.4. The van der Waals surface area contributed by atoms with E-state index >= 15 is 0 Å². The van der Waals surface area contributed by atoms with Crippen LogP contribution in [0.15, 0.2) is 24.3 Å². The quantitative estimate of drug-likeness (QED) is 0.646. The van der Waals surface area contributed by atoms with E-state index in [9.17, 15) is 19.2 Å². The van der Waals surface area contributed by atoms with Crippen molar-refractivity contribution in [3.8, 4) is 0 Å². The first-order valence-corrected chi connectivity index (χ1v) is 10.7. The first-order valence-electron chi connectivity index (χ1n) is 10.7. The molecule has 0 aliphatic carbocycles. The Bertz CT molecular complexity index is 790. The summed E-state index contributed by atoms with van der Waals surface area (Å²) in [4.78, 5) is 50.1. The minimum absolute atomic E-state index is 0.0343. The minimum atomic E-state index is -0.636. The van der Waals surface area contributed by atoms with Gasteiger partial charge in [0.15, 0.2) is 5.78 Å². The van der Waals surface area contributed by atoms with Crippen molar-refractivity contribution in [3.63, 3.8) is 0 Å². The lowest BCUT2D eigenvalue weighted by Crippen LogP contribution is -2.49. The molecule has 3 amide bonds. The normalized spacial score (nSPS) is 14.6. The van der Waals surface area contributed by atoms with Crippen molar-refractivity contribution in [2.75, 3.05) is 19.6 Å². The summed E-state index contributed by atoms with van der Waals surface area (Å²) >= 11 is 0. The highest BCUT2D eigenvalue weighted by molar-refractivity contribution is 5.98. The molecule has 1 saturated heterocycles. The van der Waals surface area contributed by atoms with Crippen LogP contribution in [0.3, 0.4) is 0 Å². The van der Waals surface area contributed by atoms with E-state index in [0.717, 1.165) is 5.56 Å².